The van der Waals surface area contributed by atoms with Crippen LogP contribution in [-0.2, 0) is 6.50 Å². The molecule has 0 unspecified atom stereocenters. The van der Waals surface area contributed by atoms with Gasteiger partial charge in [0, 0.05) is 53.4 Å². The van der Waals surface area contributed by atoms with Gasteiger partial charge < -0.3 is 15.2 Å². The van der Waals surface area contributed by atoms with Crippen molar-refractivity contribution in [2.24, 2.45) is 0 Å². The molecule has 0 aliphatic carbocycles. The standard InChI is InChI=1S/C21H20ClF2N5O2/c1-25-21(31)15-4-5-16(19(24)26-15)29-8-6-28(7-9-29)11-13-3-2-12-10-14(22)20(30)27-18(12)17(13)23/h2-5,10H,6-9,11H2,1H3,(H,25,31)(H,27,30)/i11D2. The molecule has 1 aliphatic heterocycles. The molecule has 7 nitrogen and oxygen atoms in total. The highest BCUT2D eigenvalue weighted by Crippen LogP contribution is 2.23. The number of fused-ring (bicyclic) bond motifs is 1. The Morgan fingerprint density at radius 2 is 2.00 bits per heavy atom. The van der Waals surface area contributed by atoms with E-state index in [1.807, 2.05) is 0 Å². The number of amides is 1. The summed E-state index contributed by atoms with van der Waals surface area (Å²) in [4.78, 5) is 32.6. The molecule has 1 amide bonds. The number of rotatable bonds is 4. The smallest absolute Gasteiger partial charge is 0.269 e. The molecule has 1 saturated heterocycles. The van der Waals surface area contributed by atoms with E-state index in [2.05, 4.69) is 15.3 Å². The Bertz CT molecular complexity index is 1300. The van der Waals surface area contributed by atoms with Crippen molar-refractivity contribution in [3.05, 3.63) is 68.7 Å². The molecule has 2 N–H and O–H groups in total. The third-order valence-corrected chi connectivity index (χ3v) is 5.38. The van der Waals surface area contributed by atoms with Gasteiger partial charge >= 0.3 is 0 Å². The lowest BCUT2D eigenvalue weighted by atomic mass is 10.1. The molecule has 0 atom stereocenters. The molecule has 3 aromatic rings. The first-order chi connectivity index (χ1) is 15.6. The van der Waals surface area contributed by atoms with E-state index in [1.165, 1.54) is 42.3 Å². The summed E-state index contributed by atoms with van der Waals surface area (Å²) in [6, 6.07) is 7.04. The van der Waals surface area contributed by atoms with Gasteiger partial charge in [0.15, 0.2) is 5.82 Å². The fourth-order valence-corrected chi connectivity index (χ4v) is 3.61. The van der Waals surface area contributed by atoms with E-state index in [0.29, 0.717) is 5.39 Å². The molecule has 1 fully saturated rings. The second kappa shape index (κ2) is 8.60. The van der Waals surface area contributed by atoms with E-state index in [-0.39, 0.29) is 53.7 Å². The first-order valence-electron chi connectivity index (χ1n) is 10.5. The summed E-state index contributed by atoms with van der Waals surface area (Å²) in [6.45, 7) is -1.30. The third-order valence-electron chi connectivity index (χ3n) is 5.10. The minimum atomic E-state index is -2.18. The monoisotopic (exact) mass is 449 g/mol. The number of benzene rings is 1. The first-order valence-corrected chi connectivity index (χ1v) is 9.91. The zero-order chi connectivity index (χ0) is 23.9. The molecular weight excluding hydrogens is 428 g/mol. The summed E-state index contributed by atoms with van der Waals surface area (Å²) < 4.78 is 46.8. The molecule has 3 heterocycles. The van der Waals surface area contributed by atoms with Gasteiger partial charge in [-0.3, -0.25) is 14.5 Å². The Morgan fingerprint density at radius 3 is 2.68 bits per heavy atom. The number of aromatic amines is 1. The zero-order valence-corrected chi connectivity index (χ0v) is 17.3. The summed E-state index contributed by atoms with van der Waals surface area (Å²) in [5.41, 5.74) is -0.834. The predicted molar refractivity (Wildman–Crippen MR) is 115 cm³/mol. The molecule has 2 aromatic heterocycles. The Morgan fingerprint density at radius 1 is 1.26 bits per heavy atom. The van der Waals surface area contributed by atoms with Gasteiger partial charge in [-0.05, 0) is 18.2 Å². The number of piperazine rings is 1. The molecular formula is C21H20ClF2N5O2. The van der Waals surface area contributed by atoms with Crippen molar-refractivity contribution < 1.29 is 16.3 Å². The summed E-state index contributed by atoms with van der Waals surface area (Å²) in [6.07, 6.45) is 0. The molecule has 4 rings (SSSR count). The fraction of sp³-hybridized carbons (Fsp3) is 0.286. The minimum absolute atomic E-state index is 0.0418. The second-order valence-corrected chi connectivity index (χ2v) is 7.42. The number of carbonyl (C=O) groups is 1. The molecule has 0 saturated carbocycles. The van der Waals surface area contributed by atoms with E-state index in [1.54, 1.807) is 4.90 Å². The van der Waals surface area contributed by atoms with Crippen molar-refractivity contribution in [2.45, 2.75) is 6.50 Å². The second-order valence-electron chi connectivity index (χ2n) is 7.01. The Kier molecular flexibility index (Phi) is 5.19. The highest BCUT2D eigenvalue weighted by atomic mass is 35.5. The van der Waals surface area contributed by atoms with Crippen LogP contribution in [0.1, 0.15) is 18.8 Å². The lowest BCUT2D eigenvalue weighted by Gasteiger charge is -2.36. The molecule has 10 heteroatoms. The van der Waals surface area contributed by atoms with Crippen LogP contribution < -0.4 is 15.8 Å². The minimum Gasteiger partial charge on any atom is -0.365 e. The summed E-state index contributed by atoms with van der Waals surface area (Å²) >= 11 is 5.79. The summed E-state index contributed by atoms with van der Waals surface area (Å²) in [5, 5.41) is 2.65. The van der Waals surface area contributed by atoms with E-state index in [0.717, 1.165) is 0 Å². The number of pyridine rings is 2. The van der Waals surface area contributed by atoms with Crippen molar-refractivity contribution in [3.8, 4) is 0 Å². The molecule has 162 valence electrons. The Hall–Kier alpha value is -3.04. The van der Waals surface area contributed by atoms with Crippen LogP contribution in [0.3, 0.4) is 0 Å². The van der Waals surface area contributed by atoms with Crippen LogP contribution in [0.15, 0.2) is 35.1 Å². The predicted octanol–water partition coefficient (Wildman–Crippen LogP) is 2.54. The van der Waals surface area contributed by atoms with Crippen LogP contribution in [-0.4, -0.2) is 54.0 Å². The highest BCUT2D eigenvalue weighted by molar-refractivity contribution is 6.31. The first kappa shape index (κ1) is 18.7. The SMILES string of the molecule is [2H]C([2H])(c1ccc2cc(Cl)c(=O)[nH]c2c1F)N1CCN(c2ccc(C(=O)NC)nc2F)CC1. The average Bonchev–Trinajstić information content (AvgIpc) is 2.80. The normalized spacial score (nSPS) is 16.2. The molecule has 1 aliphatic rings. The maximum atomic E-state index is 15.2. The lowest BCUT2D eigenvalue weighted by molar-refractivity contribution is 0.0957. The average molecular weight is 450 g/mol. The van der Waals surface area contributed by atoms with Crippen LogP contribution in [0.5, 0.6) is 0 Å². The van der Waals surface area contributed by atoms with E-state index in [4.69, 9.17) is 14.3 Å². The molecule has 0 bridgehead atoms. The molecule has 0 spiro atoms. The number of anilines is 1. The van der Waals surface area contributed by atoms with Gasteiger partial charge in [-0.1, -0.05) is 23.7 Å². The number of hydrogen-bond donors (Lipinski definition) is 2. The number of H-pyrrole nitrogens is 1. The maximum absolute atomic E-state index is 15.2. The lowest BCUT2D eigenvalue weighted by Crippen LogP contribution is -2.46. The van der Waals surface area contributed by atoms with Crippen LogP contribution in [0, 0.1) is 11.8 Å². The highest BCUT2D eigenvalue weighted by Gasteiger charge is 2.22. The van der Waals surface area contributed by atoms with E-state index >= 15 is 4.39 Å². The summed E-state index contributed by atoms with van der Waals surface area (Å²) in [7, 11) is 1.42. The third kappa shape index (κ3) is 4.24. The van der Waals surface area contributed by atoms with Gasteiger partial charge in [-0.2, -0.15) is 4.39 Å². The molecule has 1 aromatic carbocycles. The fourth-order valence-electron chi connectivity index (χ4n) is 3.45. The van der Waals surface area contributed by atoms with E-state index in [9.17, 15) is 14.0 Å². The number of halogens is 3. The van der Waals surface area contributed by atoms with Gasteiger partial charge in [0.1, 0.15) is 10.7 Å². The van der Waals surface area contributed by atoms with Crippen molar-refractivity contribution in [1.29, 1.82) is 0 Å². The van der Waals surface area contributed by atoms with Crippen molar-refractivity contribution in [2.75, 3.05) is 38.1 Å². The summed E-state index contributed by atoms with van der Waals surface area (Å²) in [5.74, 6) is -2.16. The Balaban J connectivity index is 1.55. The maximum Gasteiger partial charge on any atom is 0.269 e. The van der Waals surface area contributed by atoms with Crippen molar-refractivity contribution in [1.82, 2.24) is 20.2 Å². The van der Waals surface area contributed by atoms with Gasteiger partial charge in [-0.15, -0.1) is 0 Å². The van der Waals surface area contributed by atoms with Gasteiger partial charge in [0.2, 0.25) is 5.95 Å². The van der Waals surface area contributed by atoms with E-state index < -0.39 is 29.7 Å². The number of nitrogens with zero attached hydrogens (tertiary/aromatic N) is 3. The number of carbonyl (C=O) groups excluding carboxylic acids is 1. The van der Waals surface area contributed by atoms with Crippen LogP contribution >= 0.6 is 11.6 Å². The molecule has 0 radical (unpaired) electrons. The van der Waals surface area contributed by atoms with Gasteiger partial charge in [0.05, 0.1) is 11.2 Å². The van der Waals surface area contributed by atoms with Crippen molar-refractivity contribution >= 4 is 34.1 Å². The van der Waals surface area contributed by atoms with Crippen LogP contribution in [0.25, 0.3) is 10.9 Å². The quantitative estimate of drug-likeness (QED) is 0.598. The van der Waals surface area contributed by atoms with Crippen LogP contribution in [0.2, 0.25) is 5.02 Å². The molecule has 31 heavy (non-hydrogen) atoms. The largest absolute Gasteiger partial charge is 0.365 e. The number of aromatic nitrogens is 2. The Labute approximate surface area is 184 Å². The number of hydrogen-bond acceptors (Lipinski definition) is 5. The van der Waals surface area contributed by atoms with Crippen LogP contribution in [0.4, 0.5) is 14.5 Å². The zero-order valence-electron chi connectivity index (χ0n) is 18.5. The van der Waals surface area contributed by atoms with Gasteiger partial charge in [0.25, 0.3) is 11.5 Å². The van der Waals surface area contributed by atoms with Crippen molar-refractivity contribution in [3.63, 3.8) is 0 Å². The van der Waals surface area contributed by atoms with Gasteiger partial charge in [-0.25, -0.2) is 9.37 Å². The topological polar surface area (TPSA) is 81.3 Å². The number of nitrogens with one attached hydrogen (secondary N) is 2.